The highest BCUT2D eigenvalue weighted by Crippen LogP contribution is 2.53. The van der Waals surface area contributed by atoms with E-state index in [-0.39, 0.29) is 5.41 Å². The zero-order valence-electron chi connectivity index (χ0n) is 34.8. The Bertz CT molecular complexity index is 4060. The molecule has 0 atom stereocenters. The topological polar surface area (TPSA) is 13.1 Å². The van der Waals surface area contributed by atoms with Crippen LogP contribution in [-0.4, -0.2) is 0 Å². The van der Waals surface area contributed by atoms with Gasteiger partial charge in [-0.2, -0.15) is 0 Å². The van der Waals surface area contributed by atoms with Crippen molar-refractivity contribution in [1.29, 1.82) is 0 Å². The molecule has 63 heavy (non-hydrogen) atoms. The van der Waals surface area contributed by atoms with E-state index in [9.17, 15) is 0 Å². The summed E-state index contributed by atoms with van der Waals surface area (Å²) in [5.41, 5.74) is 14.6. The summed E-state index contributed by atoms with van der Waals surface area (Å²) in [6.45, 7) is 4.83. The second-order valence-electron chi connectivity index (χ2n) is 17.9. The SMILES string of the molecule is CC1(C)c2cc(-c3c4ccccc4c(-c4cccc5ccccc45)c4ccccc34)ccc2-c2ccc(-c3cc4c5ccccc5oc4c4cc5sc6ccccc6c5cc34)cc21. The Morgan fingerprint density at radius 3 is 1.67 bits per heavy atom. The third-order valence-electron chi connectivity index (χ3n) is 14.2. The summed E-state index contributed by atoms with van der Waals surface area (Å²) in [5.74, 6) is 0. The van der Waals surface area contributed by atoms with Crippen molar-refractivity contribution in [3.8, 4) is 44.5 Å². The predicted octanol–water partition coefficient (Wildman–Crippen LogP) is 17.9. The summed E-state index contributed by atoms with van der Waals surface area (Å²) in [5, 5.41) is 14.9. The lowest BCUT2D eigenvalue weighted by Gasteiger charge is -2.24. The molecule has 0 spiro atoms. The molecular formula is C61H38OS. The first-order valence-corrected chi connectivity index (χ1v) is 22.7. The maximum absolute atomic E-state index is 6.68. The molecule has 14 rings (SSSR count). The van der Waals surface area contributed by atoms with Crippen LogP contribution in [0, 0.1) is 0 Å². The van der Waals surface area contributed by atoms with Crippen molar-refractivity contribution in [3.05, 3.63) is 205 Å². The number of thiophene rings is 1. The second-order valence-corrected chi connectivity index (χ2v) is 19.0. The minimum atomic E-state index is -0.232. The smallest absolute Gasteiger partial charge is 0.143 e. The van der Waals surface area contributed by atoms with E-state index in [1.165, 1.54) is 114 Å². The summed E-state index contributed by atoms with van der Waals surface area (Å²) >= 11 is 1.86. The fraction of sp³-hybridized carbons (Fsp3) is 0.0492. The average molecular weight is 819 g/mol. The first kappa shape index (κ1) is 35.1. The maximum Gasteiger partial charge on any atom is 0.143 e. The van der Waals surface area contributed by atoms with Gasteiger partial charge in [0.25, 0.3) is 0 Å². The Labute approximate surface area is 368 Å². The van der Waals surface area contributed by atoms with Crippen LogP contribution in [0.2, 0.25) is 0 Å². The highest BCUT2D eigenvalue weighted by atomic mass is 32.1. The molecule has 0 N–H and O–H groups in total. The van der Waals surface area contributed by atoms with Crippen molar-refractivity contribution in [3.63, 3.8) is 0 Å². The van der Waals surface area contributed by atoms with Gasteiger partial charge < -0.3 is 4.42 Å². The largest absolute Gasteiger partial charge is 0.455 e. The van der Waals surface area contributed by atoms with Crippen molar-refractivity contribution in [2.24, 2.45) is 0 Å². The maximum atomic E-state index is 6.68. The van der Waals surface area contributed by atoms with Gasteiger partial charge in [-0.25, -0.2) is 0 Å². The van der Waals surface area contributed by atoms with Crippen LogP contribution in [0.15, 0.2) is 199 Å². The Balaban J connectivity index is 0.963. The van der Waals surface area contributed by atoms with Gasteiger partial charge in [-0.1, -0.05) is 166 Å². The number of rotatable bonds is 3. The monoisotopic (exact) mass is 818 g/mol. The summed E-state index contributed by atoms with van der Waals surface area (Å²) in [6.07, 6.45) is 0. The van der Waals surface area contributed by atoms with Crippen LogP contribution in [-0.2, 0) is 5.41 Å². The van der Waals surface area contributed by atoms with E-state index in [4.69, 9.17) is 4.42 Å². The van der Waals surface area contributed by atoms with Crippen LogP contribution in [0.5, 0.6) is 0 Å². The van der Waals surface area contributed by atoms with Crippen LogP contribution in [0.3, 0.4) is 0 Å². The van der Waals surface area contributed by atoms with Gasteiger partial charge in [0.2, 0.25) is 0 Å². The normalized spacial score (nSPS) is 13.4. The predicted molar refractivity (Wildman–Crippen MR) is 271 cm³/mol. The van der Waals surface area contributed by atoms with Gasteiger partial charge >= 0.3 is 0 Å². The molecule has 13 aromatic rings. The lowest BCUT2D eigenvalue weighted by atomic mass is 9.79. The minimum absolute atomic E-state index is 0.232. The molecule has 1 nitrogen and oxygen atoms in total. The average Bonchev–Trinajstić information content (AvgIpc) is 3.96. The summed E-state index contributed by atoms with van der Waals surface area (Å²) in [7, 11) is 0. The van der Waals surface area contributed by atoms with Gasteiger partial charge in [-0.3, -0.25) is 0 Å². The van der Waals surface area contributed by atoms with Crippen LogP contribution in [0.25, 0.3) is 130 Å². The molecule has 0 saturated heterocycles. The Hall–Kier alpha value is -7.52. The number of furan rings is 1. The highest BCUT2D eigenvalue weighted by Gasteiger charge is 2.36. The zero-order chi connectivity index (χ0) is 41.6. The molecule has 1 aliphatic rings. The second kappa shape index (κ2) is 12.8. The zero-order valence-corrected chi connectivity index (χ0v) is 35.6. The third kappa shape index (κ3) is 4.87. The quantitative estimate of drug-likeness (QED) is 0.162. The first-order valence-electron chi connectivity index (χ1n) is 21.9. The molecule has 0 aliphatic heterocycles. The standard InChI is InChI=1S/C61H38OS/c1-61(2)53-30-36(48-32-51-41-17-9-11-24-55(41)62-60(51)52-34-57-50(33-49(48)52)42-18-10-12-25-56(42)63-57)26-28-39(53)40-29-27-37(31-54(40)61)58-44-19-5-7-21-46(44)59(47-22-8-6-20-45(47)58)43-23-13-15-35-14-3-4-16-38(35)43/h3-34H,1-2H3. The molecule has 0 bridgehead atoms. The van der Waals surface area contributed by atoms with Crippen LogP contribution in [0.1, 0.15) is 25.0 Å². The van der Waals surface area contributed by atoms with E-state index in [0.717, 1.165) is 27.3 Å². The Morgan fingerprint density at radius 1 is 0.349 bits per heavy atom. The van der Waals surface area contributed by atoms with Crippen LogP contribution >= 0.6 is 11.3 Å². The van der Waals surface area contributed by atoms with E-state index < -0.39 is 0 Å². The lowest BCUT2D eigenvalue weighted by Crippen LogP contribution is -2.15. The van der Waals surface area contributed by atoms with Crippen LogP contribution in [0.4, 0.5) is 0 Å². The molecule has 1 aliphatic carbocycles. The molecule has 0 saturated carbocycles. The Kier molecular flexibility index (Phi) is 7.12. The van der Waals surface area contributed by atoms with Gasteiger partial charge in [0, 0.05) is 41.7 Å². The molecule has 294 valence electrons. The van der Waals surface area contributed by atoms with E-state index in [0.29, 0.717) is 0 Å². The summed E-state index contributed by atoms with van der Waals surface area (Å²) in [6, 6.07) is 72.4. The number of hydrogen-bond donors (Lipinski definition) is 0. The van der Waals surface area contributed by atoms with E-state index >= 15 is 0 Å². The number of benzene rings is 11. The minimum Gasteiger partial charge on any atom is -0.455 e. The molecule has 2 aromatic heterocycles. The molecule has 2 heterocycles. The number of hydrogen-bond acceptors (Lipinski definition) is 2. The van der Waals surface area contributed by atoms with Crippen molar-refractivity contribution in [2.45, 2.75) is 19.3 Å². The van der Waals surface area contributed by atoms with Gasteiger partial charge in [-0.05, 0) is 136 Å². The fourth-order valence-corrected chi connectivity index (χ4v) is 12.4. The third-order valence-corrected chi connectivity index (χ3v) is 15.4. The van der Waals surface area contributed by atoms with Crippen molar-refractivity contribution in [2.75, 3.05) is 0 Å². The van der Waals surface area contributed by atoms with E-state index in [1.807, 2.05) is 11.3 Å². The van der Waals surface area contributed by atoms with E-state index in [2.05, 4.69) is 208 Å². The van der Waals surface area contributed by atoms with Crippen molar-refractivity contribution in [1.82, 2.24) is 0 Å². The Morgan fingerprint density at radius 2 is 0.921 bits per heavy atom. The first-order chi connectivity index (χ1) is 31.0. The molecule has 0 amide bonds. The molecular weight excluding hydrogens is 781 g/mol. The van der Waals surface area contributed by atoms with Crippen molar-refractivity contribution >= 4 is 96.5 Å². The number of para-hydroxylation sites is 1. The molecule has 0 radical (unpaired) electrons. The van der Waals surface area contributed by atoms with Crippen molar-refractivity contribution < 1.29 is 4.42 Å². The fourth-order valence-electron chi connectivity index (χ4n) is 11.3. The van der Waals surface area contributed by atoms with E-state index in [1.54, 1.807) is 0 Å². The summed E-state index contributed by atoms with van der Waals surface area (Å²) in [4.78, 5) is 0. The van der Waals surface area contributed by atoms with Gasteiger partial charge in [-0.15, -0.1) is 11.3 Å². The summed E-state index contributed by atoms with van der Waals surface area (Å²) < 4.78 is 9.27. The highest BCUT2D eigenvalue weighted by molar-refractivity contribution is 7.25. The van der Waals surface area contributed by atoms with Gasteiger partial charge in [0.05, 0.1) is 0 Å². The van der Waals surface area contributed by atoms with Gasteiger partial charge in [0.1, 0.15) is 11.2 Å². The van der Waals surface area contributed by atoms with Crippen LogP contribution < -0.4 is 0 Å². The molecule has 2 heteroatoms. The lowest BCUT2D eigenvalue weighted by molar-refractivity contribution is 0.661. The van der Waals surface area contributed by atoms with Gasteiger partial charge in [0.15, 0.2) is 0 Å². The number of fused-ring (bicyclic) bond motifs is 14. The molecule has 11 aromatic carbocycles. The molecule has 0 fully saturated rings. The molecule has 0 unspecified atom stereocenters.